The van der Waals surface area contributed by atoms with E-state index in [0.717, 1.165) is 30.9 Å². The van der Waals surface area contributed by atoms with Crippen LogP contribution in [0.15, 0.2) is 60.9 Å². The molecule has 2 aromatic carbocycles. The molecule has 1 saturated heterocycles. The predicted molar refractivity (Wildman–Crippen MR) is 136 cm³/mol. The standard InChI is InChI=1S/C27H30N4O5/c1-3-35-22-11-4-5-12-23(22)36-21-10-7-13-31(18-21)25-17-28-16-24(29-25)30-26(32)15-19-8-6-9-20(14-19)27(33)34-2/h4-6,8-9,11-12,14,16-17,21H,3,7,10,13,15,18H2,1-2H3,(H,29,30,32)/t21-/m1/s1. The summed E-state index contributed by atoms with van der Waals surface area (Å²) >= 11 is 0. The van der Waals surface area contributed by atoms with Gasteiger partial charge in [0, 0.05) is 6.54 Å². The van der Waals surface area contributed by atoms with Crippen molar-refractivity contribution in [1.29, 1.82) is 0 Å². The van der Waals surface area contributed by atoms with Crippen LogP contribution in [0.3, 0.4) is 0 Å². The Balaban J connectivity index is 1.38. The molecule has 1 amide bonds. The van der Waals surface area contributed by atoms with Crippen LogP contribution in [-0.4, -0.2) is 54.8 Å². The Morgan fingerprint density at radius 3 is 2.75 bits per heavy atom. The van der Waals surface area contributed by atoms with Crippen molar-refractivity contribution in [1.82, 2.24) is 9.97 Å². The zero-order valence-electron chi connectivity index (χ0n) is 20.5. The highest BCUT2D eigenvalue weighted by atomic mass is 16.5. The molecule has 1 aliphatic rings. The summed E-state index contributed by atoms with van der Waals surface area (Å²) < 4.78 is 16.7. The number of rotatable bonds is 9. The minimum absolute atomic E-state index is 0.0255. The molecule has 1 aliphatic heterocycles. The third kappa shape index (κ3) is 6.50. The molecule has 188 valence electrons. The van der Waals surface area contributed by atoms with Gasteiger partial charge in [-0.2, -0.15) is 0 Å². The second-order valence-electron chi connectivity index (χ2n) is 8.39. The Hall–Kier alpha value is -4.14. The summed E-state index contributed by atoms with van der Waals surface area (Å²) in [7, 11) is 1.32. The minimum Gasteiger partial charge on any atom is -0.490 e. The Morgan fingerprint density at radius 2 is 1.94 bits per heavy atom. The smallest absolute Gasteiger partial charge is 0.337 e. The zero-order valence-corrected chi connectivity index (χ0v) is 20.5. The van der Waals surface area contributed by atoms with E-state index in [1.54, 1.807) is 30.5 Å². The number of amides is 1. The number of benzene rings is 2. The minimum atomic E-state index is -0.444. The second kappa shape index (κ2) is 12.0. The number of nitrogens with zero attached hydrogens (tertiary/aromatic N) is 3. The first-order chi connectivity index (χ1) is 17.6. The summed E-state index contributed by atoms with van der Waals surface area (Å²) in [4.78, 5) is 35.3. The van der Waals surface area contributed by atoms with Crippen molar-refractivity contribution in [2.75, 3.05) is 37.0 Å². The van der Waals surface area contributed by atoms with Gasteiger partial charge in [-0.15, -0.1) is 0 Å². The first kappa shape index (κ1) is 25.0. The molecule has 9 heteroatoms. The number of hydrogen-bond acceptors (Lipinski definition) is 8. The number of hydrogen-bond donors (Lipinski definition) is 1. The van der Waals surface area contributed by atoms with E-state index in [-0.39, 0.29) is 18.4 Å². The molecule has 1 aromatic heterocycles. The predicted octanol–water partition coefficient (Wildman–Crippen LogP) is 3.89. The third-order valence-corrected chi connectivity index (χ3v) is 5.75. The largest absolute Gasteiger partial charge is 0.490 e. The molecule has 9 nitrogen and oxygen atoms in total. The first-order valence-electron chi connectivity index (χ1n) is 12.0. The molecule has 4 rings (SSSR count). The van der Waals surface area contributed by atoms with Gasteiger partial charge in [0.1, 0.15) is 11.9 Å². The van der Waals surface area contributed by atoms with Gasteiger partial charge in [-0.05, 0) is 49.6 Å². The van der Waals surface area contributed by atoms with Crippen molar-refractivity contribution in [3.63, 3.8) is 0 Å². The van der Waals surface area contributed by atoms with Gasteiger partial charge in [0.15, 0.2) is 17.3 Å². The topological polar surface area (TPSA) is 103 Å². The number of carbonyl (C=O) groups is 2. The van der Waals surface area contributed by atoms with Crippen LogP contribution in [-0.2, 0) is 16.0 Å². The number of carbonyl (C=O) groups excluding carboxylic acids is 2. The summed E-state index contributed by atoms with van der Waals surface area (Å²) in [6.07, 6.45) is 5.13. The maximum Gasteiger partial charge on any atom is 0.337 e. The van der Waals surface area contributed by atoms with Crippen LogP contribution < -0.4 is 19.7 Å². The van der Waals surface area contributed by atoms with Gasteiger partial charge in [0.05, 0.1) is 44.6 Å². The van der Waals surface area contributed by atoms with Crippen molar-refractivity contribution in [2.24, 2.45) is 0 Å². The highest BCUT2D eigenvalue weighted by Crippen LogP contribution is 2.30. The lowest BCUT2D eigenvalue weighted by Crippen LogP contribution is -2.41. The Kier molecular flexibility index (Phi) is 8.33. The van der Waals surface area contributed by atoms with Crippen LogP contribution in [0, 0.1) is 0 Å². The van der Waals surface area contributed by atoms with E-state index in [9.17, 15) is 9.59 Å². The van der Waals surface area contributed by atoms with Crippen LogP contribution in [0.1, 0.15) is 35.7 Å². The highest BCUT2D eigenvalue weighted by Gasteiger charge is 2.24. The van der Waals surface area contributed by atoms with Crippen molar-refractivity contribution in [3.8, 4) is 11.5 Å². The van der Waals surface area contributed by atoms with E-state index < -0.39 is 5.97 Å². The number of para-hydroxylation sites is 2. The molecule has 36 heavy (non-hydrogen) atoms. The molecule has 3 aromatic rings. The van der Waals surface area contributed by atoms with Crippen LogP contribution in [0.2, 0.25) is 0 Å². The summed E-state index contributed by atoms with van der Waals surface area (Å²) in [6.45, 7) is 3.98. The van der Waals surface area contributed by atoms with E-state index in [0.29, 0.717) is 35.9 Å². The number of methoxy groups -OCH3 is 1. The van der Waals surface area contributed by atoms with Gasteiger partial charge >= 0.3 is 5.97 Å². The van der Waals surface area contributed by atoms with Crippen molar-refractivity contribution >= 4 is 23.5 Å². The average Bonchev–Trinajstić information content (AvgIpc) is 2.90. The Bertz CT molecular complexity index is 1200. The van der Waals surface area contributed by atoms with E-state index >= 15 is 0 Å². The molecular weight excluding hydrogens is 460 g/mol. The molecule has 0 unspecified atom stereocenters. The van der Waals surface area contributed by atoms with E-state index in [1.165, 1.54) is 13.3 Å². The summed E-state index contributed by atoms with van der Waals surface area (Å²) in [5.41, 5.74) is 1.10. The quantitative estimate of drug-likeness (QED) is 0.451. The van der Waals surface area contributed by atoms with Gasteiger partial charge in [-0.25, -0.2) is 9.78 Å². The van der Waals surface area contributed by atoms with Gasteiger partial charge in [0.2, 0.25) is 5.91 Å². The monoisotopic (exact) mass is 490 g/mol. The van der Waals surface area contributed by atoms with Crippen molar-refractivity contribution < 1.29 is 23.8 Å². The molecule has 0 bridgehead atoms. The lowest BCUT2D eigenvalue weighted by atomic mass is 10.1. The maximum atomic E-state index is 12.6. The van der Waals surface area contributed by atoms with Crippen molar-refractivity contribution in [3.05, 3.63) is 72.1 Å². The van der Waals surface area contributed by atoms with E-state index in [4.69, 9.17) is 14.2 Å². The molecule has 0 radical (unpaired) electrons. The number of aromatic nitrogens is 2. The van der Waals surface area contributed by atoms with Gasteiger partial charge < -0.3 is 24.4 Å². The summed E-state index contributed by atoms with van der Waals surface area (Å²) in [6, 6.07) is 14.5. The average molecular weight is 491 g/mol. The normalized spacial score (nSPS) is 15.2. The third-order valence-electron chi connectivity index (χ3n) is 5.75. The zero-order chi connectivity index (χ0) is 25.3. The molecule has 2 heterocycles. The molecule has 1 fully saturated rings. The fourth-order valence-electron chi connectivity index (χ4n) is 4.11. The van der Waals surface area contributed by atoms with Crippen LogP contribution in [0.25, 0.3) is 0 Å². The van der Waals surface area contributed by atoms with E-state index in [1.807, 2.05) is 31.2 Å². The fraction of sp³-hybridized carbons (Fsp3) is 0.333. The summed E-state index contributed by atoms with van der Waals surface area (Å²) in [5.74, 6) is 1.81. The number of esters is 1. The van der Waals surface area contributed by atoms with Crippen LogP contribution in [0.5, 0.6) is 11.5 Å². The fourth-order valence-corrected chi connectivity index (χ4v) is 4.11. The molecule has 0 saturated carbocycles. The lowest BCUT2D eigenvalue weighted by Gasteiger charge is -2.33. The van der Waals surface area contributed by atoms with Crippen LogP contribution in [0.4, 0.5) is 11.6 Å². The number of anilines is 2. The van der Waals surface area contributed by atoms with Gasteiger partial charge in [0.25, 0.3) is 0 Å². The van der Waals surface area contributed by atoms with Gasteiger partial charge in [-0.3, -0.25) is 9.78 Å². The molecule has 0 spiro atoms. The number of piperidine rings is 1. The SMILES string of the molecule is CCOc1ccccc1O[C@@H]1CCCN(c2cncc(NC(=O)Cc3cccc(C(=O)OC)c3)n2)C1. The number of nitrogens with one attached hydrogen (secondary N) is 1. The molecule has 1 N–H and O–H groups in total. The van der Waals surface area contributed by atoms with Gasteiger partial charge in [-0.1, -0.05) is 24.3 Å². The second-order valence-corrected chi connectivity index (χ2v) is 8.39. The first-order valence-corrected chi connectivity index (χ1v) is 12.0. The molecule has 0 aliphatic carbocycles. The van der Waals surface area contributed by atoms with Crippen LogP contribution >= 0.6 is 0 Å². The molecule has 1 atom stereocenters. The Morgan fingerprint density at radius 1 is 1.11 bits per heavy atom. The Labute approximate surface area is 210 Å². The van der Waals surface area contributed by atoms with Crippen molar-refractivity contribution in [2.45, 2.75) is 32.3 Å². The maximum absolute atomic E-state index is 12.6. The molecular formula is C27H30N4O5. The van der Waals surface area contributed by atoms with E-state index in [2.05, 4.69) is 20.2 Å². The number of ether oxygens (including phenoxy) is 3. The lowest BCUT2D eigenvalue weighted by molar-refractivity contribution is -0.115. The summed E-state index contributed by atoms with van der Waals surface area (Å²) in [5, 5.41) is 2.80. The highest BCUT2D eigenvalue weighted by molar-refractivity contribution is 5.93.